The predicted molar refractivity (Wildman–Crippen MR) is 220 cm³/mol. The van der Waals surface area contributed by atoms with Gasteiger partial charge in [-0.15, -0.1) is 0 Å². The maximum Gasteiger partial charge on any atom is 0.405 e. The number of hydrogen-bond acceptors (Lipinski definition) is 6. The van der Waals surface area contributed by atoms with Crippen LogP contribution in [0.25, 0.3) is 33.0 Å². The van der Waals surface area contributed by atoms with Gasteiger partial charge in [0.25, 0.3) is 5.92 Å². The van der Waals surface area contributed by atoms with Crippen molar-refractivity contribution >= 4 is 67.0 Å². The molecule has 14 nitrogen and oxygen atoms in total. The zero-order valence-corrected chi connectivity index (χ0v) is 34.1. The summed E-state index contributed by atoms with van der Waals surface area (Å²) in [5.74, 6) is -2.57. The number of allylic oxidation sites excluding steroid dienone is 4. The largest absolute Gasteiger partial charge is 0.465 e. The molecule has 4 amide bonds. The first-order chi connectivity index (χ1) is 27.3. The van der Waals surface area contributed by atoms with E-state index in [9.17, 15) is 38.2 Å². The first kappa shape index (κ1) is 40.7. The number of imidazole rings is 2. The normalized spacial score (nSPS) is 21.9. The molecule has 1 aliphatic carbocycles. The van der Waals surface area contributed by atoms with Crippen molar-refractivity contribution in [2.24, 2.45) is 11.8 Å². The van der Waals surface area contributed by atoms with Crippen LogP contribution in [0.3, 0.4) is 0 Å². The van der Waals surface area contributed by atoms with Crippen LogP contribution < -0.4 is 10.6 Å². The van der Waals surface area contributed by atoms with E-state index in [0.29, 0.717) is 30.2 Å². The Kier molecular flexibility index (Phi) is 10.8. The summed E-state index contributed by atoms with van der Waals surface area (Å²) in [6, 6.07) is 6.88. The first-order valence-corrected chi connectivity index (χ1v) is 22.1. The summed E-state index contributed by atoms with van der Waals surface area (Å²) in [7, 11) is -1.17. The lowest BCUT2D eigenvalue weighted by atomic mass is 9.91. The van der Waals surface area contributed by atoms with Crippen molar-refractivity contribution in [1.82, 2.24) is 40.4 Å². The number of benzene rings is 2. The minimum atomic E-state index is -3.15. The maximum atomic E-state index is 14.7. The molecule has 2 aliphatic heterocycles. The molecule has 6 N–H and O–H groups in total. The number of hydrogen-bond donors (Lipinski definition) is 6. The number of amides is 4. The molecular formula is C41H50F2N8O6S. The summed E-state index contributed by atoms with van der Waals surface area (Å²) >= 11 is 0. The van der Waals surface area contributed by atoms with Gasteiger partial charge >= 0.3 is 12.2 Å². The number of nitrogens with zero attached hydrogens (tertiary/aromatic N) is 4. The van der Waals surface area contributed by atoms with Crippen LogP contribution in [0.5, 0.6) is 0 Å². The zero-order valence-electron chi connectivity index (χ0n) is 33.3. The van der Waals surface area contributed by atoms with E-state index in [4.69, 9.17) is 4.98 Å². The third-order valence-electron chi connectivity index (χ3n) is 11.3. The lowest BCUT2D eigenvalue weighted by Gasteiger charge is -2.30. The third-order valence-corrected chi connectivity index (χ3v) is 13.5. The van der Waals surface area contributed by atoms with Crippen LogP contribution in [0, 0.1) is 11.8 Å². The summed E-state index contributed by atoms with van der Waals surface area (Å²) in [6.07, 6.45) is 8.08. The molecule has 4 heterocycles. The number of fused-ring (bicyclic) bond motifs is 3. The van der Waals surface area contributed by atoms with Crippen molar-refractivity contribution in [1.29, 1.82) is 0 Å². The smallest absolute Gasteiger partial charge is 0.405 e. The van der Waals surface area contributed by atoms with Gasteiger partial charge < -0.3 is 40.6 Å². The molecule has 17 heteroatoms. The van der Waals surface area contributed by atoms with Crippen molar-refractivity contribution in [2.45, 2.75) is 77.0 Å². The van der Waals surface area contributed by atoms with Gasteiger partial charge in [0.15, 0.2) is 0 Å². The van der Waals surface area contributed by atoms with Gasteiger partial charge in [0.1, 0.15) is 23.7 Å². The van der Waals surface area contributed by atoms with Crippen LogP contribution in [-0.2, 0) is 9.59 Å². The molecule has 2 saturated heterocycles. The number of carboxylic acid groups (broad SMARTS) is 2. The summed E-state index contributed by atoms with van der Waals surface area (Å²) in [6.45, 7) is 6.14. The number of H-pyrrole nitrogens is 2. The van der Waals surface area contributed by atoms with E-state index >= 15 is 0 Å². The fourth-order valence-electron chi connectivity index (χ4n) is 8.38. The van der Waals surface area contributed by atoms with E-state index in [-0.39, 0.29) is 23.7 Å². The van der Waals surface area contributed by atoms with Crippen LogP contribution in [0.1, 0.15) is 81.9 Å². The number of aromatic amines is 2. The van der Waals surface area contributed by atoms with Gasteiger partial charge in [-0.3, -0.25) is 9.59 Å². The Labute approximate surface area is 335 Å². The first-order valence-electron chi connectivity index (χ1n) is 19.3. The molecule has 2 aromatic carbocycles. The second kappa shape index (κ2) is 15.4. The molecule has 0 bridgehead atoms. The lowest BCUT2D eigenvalue weighted by Crippen LogP contribution is -2.51. The van der Waals surface area contributed by atoms with Gasteiger partial charge in [-0.25, -0.2) is 38.4 Å². The number of aromatic nitrogens is 4. The fraction of sp³-hybridized carbons (Fsp3) is 0.463. The van der Waals surface area contributed by atoms with Gasteiger partial charge in [0.05, 0.1) is 47.4 Å². The standard InChI is InChI=1S/C41H50F2N8O6S/c1-21(2)32(48-39(54)55)37(52)50-19-41(42,43)16-30(50)35-44-17-29(46-35)24-9-7-23(8-10-24)25-11-13-27-26(15-25)12-14-28-34(27)47-36(45-28)31-18-58(5,6)20-51(31)38(53)33(22(3)4)49-40(56)57/h7,9,11-15,17,21-22,30-33,48-49H,8,10,16,18-20H2,1-6H3,(H,44,46)(H,45,47)(H,54,55)(H,56,57)/t30-,31-,32-,33-/m0/s1. The minimum absolute atomic E-state index is 0.226. The number of likely N-dealkylation sites (tertiary alicyclic amines) is 1. The average molecular weight is 821 g/mol. The van der Waals surface area contributed by atoms with Crippen LogP contribution >= 0.6 is 10.0 Å². The molecule has 0 saturated carbocycles. The number of halogens is 2. The van der Waals surface area contributed by atoms with E-state index < -0.39 is 71.1 Å². The van der Waals surface area contributed by atoms with Crippen molar-refractivity contribution in [2.75, 3.05) is 30.7 Å². The summed E-state index contributed by atoms with van der Waals surface area (Å²) < 4.78 is 29.5. The highest BCUT2D eigenvalue weighted by atomic mass is 32.3. The Morgan fingerprint density at radius 3 is 2.12 bits per heavy atom. The molecule has 4 aromatic rings. The molecule has 0 unspecified atom stereocenters. The molecular weight excluding hydrogens is 771 g/mol. The van der Waals surface area contributed by atoms with Gasteiger partial charge in [-0.1, -0.05) is 58.0 Å². The monoisotopic (exact) mass is 820 g/mol. The Hall–Kier alpha value is -5.45. The van der Waals surface area contributed by atoms with E-state index in [1.54, 1.807) is 24.9 Å². The molecule has 7 rings (SSSR count). The summed E-state index contributed by atoms with van der Waals surface area (Å²) in [5.41, 5.74) is 5.41. The van der Waals surface area contributed by atoms with Crippen molar-refractivity contribution in [3.05, 3.63) is 71.6 Å². The summed E-state index contributed by atoms with van der Waals surface area (Å²) in [4.78, 5) is 69.0. The lowest BCUT2D eigenvalue weighted by molar-refractivity contribution is -0.137. The second-order valence-electron chi connectivity index (χ2n) is 16.9. The minimum Gasteiger partial charge on any atom is -0.465 e. The van der Waals surface area contributed by atoms with Gasteiger partial charge in [0, 0.05) is 17.6 Å². The van der Waals surface area contributed by atoms with E-state index in [2.05, 4.69) is 56.3 Å². The molecule has 0 radical (unpaired) electrons. The molecule has 310 valence electrons. The average Bonchev–Trinajstić information content (AvgIpc) is 3.95. The number of carbonyl (C=O) groups is 4. The number of rotatable bonds is 10. The Balaban J connectivity index is 1.11. The molecule has 0 spiro atoms. The van der Waals surface area contributed by atoms with Gasteiger partial charge in [-0.05, 0) is 71.4 Å². The predicted octanol–water partition coefficient (Wildman–Crippen LogP) is 7.10. The zero-order chi connectivity index (χ0) is 41.8. The van der Waals surface area contributed by atoms with Crippen LogP contribution in [0.4, 0.5) is 18.4 Å². The van der Waals surface area contributed by atoms with Crippen LogP contribution in [0.15, 0.2) is 48.7 Å². The van der Waals surface area contributed by atoms with Crippen LogP contribution in [0.2, 0.25) is 0 Å². The summed E-state index contributed by atoms with van der Waals surface area (Å²) in [5, 5.41) is 25.3. The topological polar surface area (TPSA) is 197 Å². The maximum absolute atomic E-state index is 14.7. The van der Waals surface area contributed by atoms with E-state index in [1.165, 1.54) is 0 Å². The molecule has 2 aromatic heterocycles. The Bertz CT molecular complexity index is 2350. The molecule has 2 fully saturated rings. The molecule has 58 heavy (non-hydrogen) atoms. The fourth-order valence-corrected chi connectivity index (χ4v) is 10.7. The van der Waals surface area contributed by atoms with Crippen molar-refractivity contribution < 1.29 is 38.2 Å². The van der Waals surface area contributed by atoms with Crippen molar-refractivity contribution in [3.63, 3.8) is 0 Å². The second-order valence-corrected chi connectivity index (χ2v) is 21.0. The Morgan fingerprint density at radius 2 is 1.50 bits per heavy atom. The number of nitrogens with one attached hydrogen (secondary N) is 4. The highest BCUT2D eigenvalue weighted by molar-refractivity contribution is 8.32. The molecule has 3 aliphatic rings. The number of alkyl halides is 2. The van der Waals surface area contributed by atoms with Crippen LogP contribution in [-0.4, -0.2) is 113 Å². The highest BCUT2D eigenvalue weighted by Gasteiger charge is 2.50. The van der Waals surface area contributed by atoms with E-state index in [1.807, 2.05) is 38.1 Å². The van der Waals surface area contributed by atoms with Crippen molar-refractivity contribution in [3.8, 4) is 0 Å². The van der Waals surface area contributed by atoms with E-state index in [0.717, 1.165) is 49.2 Å². The van der Waals surface area contributed by atoms with Gasteiger partial charge in [-0.2, -0.15) is 0 Å². The number of carbonyl (C=O) groups excluding carboxylic acids is 2. The third kappa shape index (κ3) is 8.13. The van der Waals surface area contributed by atoms with Gasteiger partial charge in [0.2, 0.25) is 11.8 Å². The quantitative estimate of drug-likeness (QED) is 0.0975. The Morgan fingerprint density at radius 1 is 0.862 bits per heavy atom. The highest BCUT2D eigenvalue weighted by Crippen LogP contribution is 2.52. The SMILES string of the molecule is CC(C)[C@H](NC(=O)O)C(=O)N1CC(F)(F)C[C@H]1c1ncc(C2=CC=C(c3ccc4c(ccc5nc([C@@H]6CS(C)(C)CN6C(=O)[C@@H](NC(=O)O)C(C)C)[nH]c54)c3)CC2)[nH]1. The molecule has 4 atom stereocenters.